The summed E-state index contributed by atoms with van der Waals surface area (Å²) in [4.78, 5) is 39.5. The summed E-state index contributed by atoms with van der Waals surface area (Å²) in [5.41, 5.74) is 5.59. The van der Waals surface area contributed by atoms with Gasteiger partial charge in [-0.05, 0) is 32.7 Å². The van der Waals surface area contributed by atoms with Gasteiger partial charge in [0.1, 0.15) is 6.54 Å². The third kappa shape index (κ3) is 10.4. The van der Waals surface area contributed by atoms with E-state index in [2.05, 4.69) is 12.2 Å². The molecule has 4 amide bonds. The minimum atomic E-state index is -0.250. The third-order valence-corrected chi connectivity index (χ3v) is 5.76. The molecule has 7 nitrogen and oxygen atoms in total. The van der Waals surface area contributed by atoms with Crippen molar-refractivity contribution >= 4 is 17.8 Å². The number of nitrogens with zero attached hydrogens (tertiary/aromatic N) is 2. The number of nitrogens with one attached hydrogen (secondary N) is 1. The Bertz CT molecular complexity index is 513. The van der Waals surface area contributed by atoms with E-state index in [1.165, 1.54) is 49.8 Å². The lowest BCUT2D eigenvalue weighted by atomic mass is 10.1. The largest absolute Gasteiger partial charge is 0.352 e. The molecule has 1 aliphatic rings. The zero-order valence-corrected chi connectivity index (χ0v) is 19.3. The smallest absolute Gasteiger partial charge is 0.327 e. The van der Waals surface area contributed by atoms with Gasteiger partial charge in [-0.25, -0.2) is 4.79 Å². The van der Waals surface area contributed by atoms with E-state index in [1.54, 1.807) is 11.8 Å². The number of amides is 4. The van der Waals surface area contributed by atoms with Gasteiger partial charge in [0.25, 0.3) is 0 Å². The number of nitrogens with two attached hydrogens (primary N) is 1. The molecule has 1 fully saturated rings. The Morgan fingerprint density at radius 3 is 2.17 bits per heavy atom. The number of hydrogen-bond acceptors (Lipinski definition) is 4. The van der Waals surface area contributed by atoms with E-state index in [0.717, 1.165) is 32.1 Å². The number of imide groups is 1. The number of carbonyl (C=O) groups is 3. The van der Waals surface area contributed by atoms with Gasteiger partial charge in [0.15, 0.2) is 0 Å². The van der Waals surface area contributed by atoms with Crippen LogP contribution in [-0.2, 0) is 9.59 Å². The maximum absolute atomic E-state index is 12.4. The third-order valence-electron chi connectivity index (χ3n) is 5.76. The first-order chi connectivity index (χ1) is 14.5. The molecule has 0 radical (unpaired) electrons. The molecule has 1 unspecified atom stereocenters. The fourth-order valence-corrected chi connectivity index (χ4v) is 3.95. The summed E-state index contributed by atoms with van der Waals surface area (Å²) in [7, 11) is 0. The standard InChI is InChI=1S/C23H44N4O3/c1-3-5-6-7-8-9-10-11-12-16-21(28)25-20(15-13-14-17-24)18-26-19-22(29)27(4-2)23(26)30/h20H,3-19,24H2,1-2H3,(H,25,28). The van der Waals surface area contributed by atoms with E-state index in [-0.39, 0.29) is 30.4 Å². The van der Waals surface area contributed by atoms with Gasteiger partial charge in [0.2, 0.25) is 11.8 Å². The van der Waals surface area contributed by atoms with Gasteiger partial charge in [-0.3, -0.25) is 14.5 Å². The van der Waals surface area contributed by atoms with E-state index in [0.29, 0.717) is 26.1 Å². The zero-order chi connectivity index (χ0) is 22.2. The molecule has 0 aromatic carbocycles. The van der Waals surface area contributed by atoms with Crippen LogP contribution in [0.15, 0.2) is 0 Å². The van der Waals surface area contributed by atoms with E-state index < -0.39 is 0 Å². The number of likely N-dealkylation sites (N-methyl/N-ethyl adjacent to an activating group) is 1. The number of unbranched alkanes of at least 4 members (excludes halogenated alkanes) is 9. The SMILES string of the molecule is CCCCCCCCCCCC(=O)NC(CCCCN)CN1CC(=O)N(CC)C1=O. The van der Waals surface area contributed by atoms with Gasteiger partial charge in [-0.1, -0.05) is 64.7 Å². The topological polar surface area (TPSA) is 95.7 Å². The average Bonchev–Trinajstić information content (AvgIpc) is 2.99. The molecule has 0 aliphatic carbocycles. The zero-order valence-electron chi connectivity index (χ0n) is 19.3. The Morgan fingerprint density at radius 1 is 0.967 bits per heavy atom. The van der Waals surface area contributed by atoms with Crippen molar-refractivity contribution in [1.29, 1.82) is 0 Å². The molecule has 0 saturated carbocycles. The van der Waals surface area contributed by atoms with Crippen molar-refractivity contribution in [2.75, 3.05) is 26.2 Å². The van der Waals surface area contributed by atoms with Crippen LogP contribution in [0.5, 0.6) is 0 Å². The van der Waals surface area contributed by atoms with E-state index >= 15 is 0 Å². The predicted molar refractivity (Wildman–Crippen MR) is 121 cm³/mol. The van der Waals surface area contributed by atoms with Crippen molar-refractivity contribution in [3.63, 3.8) is 0 Å². The normalized spacial score (nSPS) is 15.2. The first-order valence-electron chi connectivity index (χ1n) is 12.1. The molecular weight excluding hydrogens is 380 g/mol. The highest BCUT2D eigenvalue weighted by molar-refractivity contribution is 6.01. The van der Waals surface area contributed by atoms with Gasteiger partial charge in [0, 0.05) is 25.6 Å². The predicted octanol–water partition coefficient (Wildman–Crippen LogP) is 3.81. The molecule has 1 heterocycles. The highest BCUT2D eigenvalue weighted by atomic mass is 16.2. The van der Waals surface area contributed by atoms with Crippen LogP contribution >= 0.6 is 0 Å². The summed E-state index contributed by atoms with van der Waals surface area (Å²) in [5, 5.41) is 3.09. The van der Waals surface area contributed by atoms with Crippen LogP contribution in [0.25, 0.3) is 0 Å². The first-order valence-corrected chi connectivity index (χ1v) is 12.1. The molecular formula is C23H44N4O3. The van der Waals surface area contributed by atoms with E-state index in [9.17, 15) is 14.4 Å². The summed E-state index contributed by atoms with van der Waals surface area (Å²) in [6.07, 6.45) is 14.1. The Morgan fingerprint density at radius 2 is 1.60 bits per heavy atom. The first kappa shape index (κ1) is 26.4. The summed E-state index contributed by atoms with van der Waals surface area (Å²) in [6.45, 7) is 5.52. The van der Waals surface area contributed by atoms with Crippen molar-refractivity contribution in [3.8, 4) is 0 Å². The lowest BCUT2D eigenvalue weighted by molar-refractivity contribution is -0.125. The number of urea groups is 1. The van der Waals surface area contributed by atoms with Gasteiger partial charge < -0.3 is 16.0 Å². The Balaban J connectivity index is 2.32. The second-order valence-electron chi connectivity index (χ2n) is 8.43. The van der Waals surface area contributed by atoms with Crippen molar-refractivity contribution < 1.29 is 14.4 Å². The van der Waals surface area contributed by atoms with Crippen LogP contribution < -0.4 is 11.1 Å². The maximum Gasteiger partial charge on any atom is 0.327 e. The van der Waals surface area contributed by atoms with Gasteiger partial charge in [0.05, 0.1) is 0 Å². The summed E-state index contributed by atoms with van der Waals surface area (Å²) in [5.74, 6) is -0.120. The van der Waals surface area contributed by atoms with Gasteiger partial charge >= 0.3 is 6.03 Å². The fourth-order valence-electron chi connectivity index (χ4n) is 3.95. The summed E-state index contributed by atoms with van der Waals surface area (Å²) in [6, 6.07) is -0.379. The monoisotopic (exact) mass is 424 g/mol. The molecule has 3 N–H and O–H groups in total. The molecule has 1 saturated heterocycles. The quantitative estimate of drug-likeness (QED) is 0.258. The van der Waals surface area contributed by atoms with Crippen molar-refractivity contribution in [2.45, 2.75) is 103 Å². The maximum atomic E-state index is 12.4. The Labute approximate surface area is 183 Å². The van der Waals surface area contributed by atoms with Crippen LogP contribution in [0.3, 0.4) is 0 Å². The molecule has 0 spiro atoms. The van der Waals surface area contributed by atoms with Crippen LogP contribution in [0, 0.1) is 0 Å². The second-order valence-corrected chi connectivity index (χ2v) is 8.43. The number of rotatable bonds is 18. The van der Waals surface area contributed by atoms with Crippen molar-refractivity contribution in [1.82, 2.24) is 15.1 Å². The Kier molecular flexibility index (Phi) is 14.2. The Hall–Kier alpha value is -1.63. The number of carbonyl (C=O) groups excluding carboxylic acids is 3. The van der Waals surface area contributed by atoms with Gasteiger partial charge in [-0.2, -0.15) is 0 Å². The molecule has 30 heavy (non-hydrogen) atoms. The molecule has 174 valence electrons. The lowest BCUT2D eigenvalue weighted by Gasteiger charge is -2.24. The lowest BCUT2D eigenvalue weighted by Crippen LogP contribution is -2.45. The molecule has 0 bridgehead atoms. The molecule has 1 aliphatic heterocycles. The summed E-state index contributed by atoms with van der Waals surface area (Å²) < 4.78 is 0. The second kappa shape index (κ2) is 16.1. The van der Waals surface area contributed by atoms with Crippen LogP contribution in [0.4, 0.5) is 4.79 Å². The molecule has 7 heteroatoms. The number of hydrogen-bond donors (Lipinski definition) is 2. The van der Waals surface area contributed by atoms with Crippen LogP contribution in [0.2, 0.25) is 0 Å². The highest BCUT2D eigenvalue weighted by Crippen LogP contribution is 2.14. The average molecular weight is 425 g/mol. The summed E-state index contributed by atoms with van der Waals surface area (Å²) >= 11 is 0. The fraction of sp³-hybridized carbons (Fsp3) is 0.870. The molecule has 1 rings (SSSR count). The minimum Gasteiger partial charge on any atom is -0.352 e. The van der Waals surface area contributed by atoms with Crippen molar-refractivity contribution in [2.24, 2.45) is 5.73 Å². The molecule has 1 atom stereocenters. The van der Waals surface area contributed by atoms with Crippen molar-refractivity contribution in [3.05, 3.63) is 0 Å². The van der Waals surface area contributed by atoms with Gasteiger partial charge in [-0.15, -0.1) is 0 Å². The van der Waals surface area contributed by atoms with Crippen LogP contribution in [-0.4, -0.2) is 59.9 Å². The highest BCUT2D eigenvalue weighted by Gasteiger charge is 2.35. The minimum absolute atomic E-state index is 0.0426. The van der Waals surface area contributed by atoms with Crippen LogP contribution in [0.1, 0.15) is 97.3 Å². The molecule has 0 aromatic heterocycles. The van der Waals surface area contributed by atoms with E-state index in [1.807, 2.05) is 0 Å². The van der Waals surface area contributed by atoms with E-state index in [4.69, 9.17) is 5.73 Å². The molecule has 0 aromatic rings.